The molecule has 0 aliphatic carbocycles. The monoisotopic (exact) mass is 411 g/mol. The highest BCUT2D eigenvalue weighted by Gasteiger charge is 2.19. The lowest BCUT2D eigenvalue weighted by molar-refractivity contribution is 0.0819. The predicted molar refractivity (Wildman–Crippen MR) is 126 cm³/mol. The highest BCUT2D eigenvalue weighted by molar-refractivity contribution is 6.20. The Labute approximate surface area is 181 Å². The molecule has 0 atom stereocenters. The van der Waals surface area contributed by atoms with Crippen molar-refractivity contribution >= 4 is 39.1 Å². The van der Waals surface area contributed by atoms with Crippen LogP contribution in [0.3, 0.4) is 0 Å². The third-order valence-corrected chi connectivity index (χ3v) is 6.08. The molecule has 1 aliphatic rings. The summed E-state index contributed by atoms with van der Waals surface area (Å²) in [7, 11) is 1.78. The molecule has 156 valence electrons. The quantitative estimate of drug-likeness (QED) is 0.466. The largest absolute Gasteiger partial charge is 0.381 e. The average molecular weight is 412 g/mol. The Morgan fingerprint density at radius 3 is 2.06 bits per heavy atom. The molecule has 0 unspecified atom stereocenters. The number of ether oxygens (including phenoxy) is 1. The second-order valence-corrected chi connectivity index (χ2v) is 7.94. The van der Waals surface area contributed by atoms with Crippen LogP contribution < -0.4 is 10.2 Å². The molecule has 1 N–H and O–H groups in total. The first-order chi connectivity index (χ1) is 15.2. The summed E-state index contributed by atoms with van der Waals surface area (Å²) >= 11 is 0. The molecule has 5 rings (SSSR count). The van der Waals surface area contributed by atoms with E-state index in [0.29, 0.717) is 11.7 Å². The second kappa shape index (κ2) is 8.36. The Bertz CT molecular complexity index is 1170. The third kappa shape index (κ3) is 3.84. The van der Waals surface area contributed by atoms with Crippen molar-refractivity contribution in [2.45, 2.75) is 18.9 Å². The predicted octanol–water partition coefficient (Wildman–Crippen LogP) is 5.26. The lowest BCUT2D eigenvalue weighted by atomic mass is 10.0. The summed E-state index contributed by atoms with van der Waals surface area (Å²) < 4.78 is 5.46. The maximum Gasteiger partial charge on any atom is 0.257 e. The Balaban J connectivity index is 1.41. The van der Waals surface area contributed by atoms with Gasteiger partial charge in [0.1, 0.15) is 0 Å². The van der Waals surface area contributed by atoms with Gasteiger partial charge in [-0.2, -0.15) is 0 Å². The van der Waals surface area contributed by atoms with E-state index in [9.17, 15) is 4.79 Å². The van der Waals surface area contributed by atoms with E-state index < -0.39 is 0 Å². The number of hydrogen-bond acceptors (Lipinski definition) is 4. The number of nitrogens with zero attached hydrogens (tertiary/aromatic N) is 2. The number of pyridine rings is 1. The van der Waals surface area contributed by atoms with Crippen LogP contribution in [0.2, 0.25) is 0 Å². The molecule has 1 fully saturated rings. The van der Waals surface area contributed by atoms with Gasteiger partial charge in [0.15, 0.2) is 0 Å². The van der Waals surface area contributed by atoms with Gasteiger partial charge in [0.05, 0.1) is 22.7 Å². The average Bonchev–Trinajstić information content (AvgIpc) is 2.83. The highest BCUT2D eigenvalue weighted by Crippen LogP contribution is 2.28. The van der Waals surface area contributed by atoms with Gasteiger partial charge in [0.25, 0.3) is 5.91 Å². The minimum absolute atomic E-state index is 0.122. The van der Waals surface area contributed by atoms with Crippen LogP contribution in [0.1, 0.15) is 23.2 Å². The summed E-state index contributed by atoms with van der Waals surface area (Å²) in [5, 5.41) is 4.80. The van der Waals surface area contributed by atoms with E-state index in [4.69, 9.17) is 9.72 Å². The minimum atomic E-state index is -0.122. The molecule has 1 aromatic heterocycles. The molecule has 0 bridgehead atoms. The number of aromatic nitrogens is 1. The van der Waals surface area contributed by atoms with E-state index in [0.717, 1.165) is 53.4 Å². The molecule has 1 saturated heterocycles. The molecule has 0 saturated carbocycles. The van der Waals surface area contributed by atoms with E-state index in [1.807, 2.05) is 60.7 Å². The van der Waals surface area contributed by atoms with Gasteiger partial charge in [-0.1, -0.05) is 36.4 Å². The number of nitrogens with one attached hydrogen (secondary N) is 1. The van der Waals surface area contributed by atoms with Crippen molar-refractivity contribution in [3.8, 4) is 0 Å². The van der Waals surface area contributed by atoms with Crippen LogP contribution in [0.5, 0.6) is 0 Å². The van der Waals surface area contributed by atoms with Crippen molar-refractivity contribution in [2.24, 2.45) is 0 Å². The SMILES string of the molecule is COC1CCN(c2ccc(NC(=O)c3c4ccccc4nc4ccccc34)cc2)CC1. The summed E-state index contributed by atoms with van der Waals surface area (Å²) in [5.74, 6) is -0.122. The fraction of sp³-hybridized carbons (Fsp3) is 0.231. The lowest BCUT2D eigenvalue weighted by Gasteiger charge is -2.33. The molecule has 5 nitrogen and oxygen atoms in total. The molecule has 2 heterocycles. The van der Waals surface area contributed by atoms with Crippen molar-refractivity contribution < 1.29 is 9.53 Å². The Morgan fingerprint density at radius 1 is 0.903 bits per heavy atom. The zero-order valence-corrected chi connectivity index (χ0v) is 17.5. The van der Waals surface area contributed by atoms with Crippen molar-refractivity contribution in [1.29, 1.82) is 0 Å². The number of carbonyl (C=O) groups excluding carboxylic acids is 1. The fourth-order valence-electron chi connectivity index (χ4n) is 4.38. The fourth-order valence-corrected chi connectivity index (χ4v) is 4.38. The van der Waals surface area contributed by atoms with Gasteiger partial charge in [0, 0.05) is 42.3 Å². The molecule has 0 spiro atoms. The van der Waals surface area contributed by atoms with E-state index in [1.54, 1.807) is 7.11 Å². The van der Waals surface area contributed by atoms with Gasteiger partial charge in [-0.3, -0.25) is 4.79 Å². The third-order valence-electron chi connectivity index (χ3n) is 6.08. The van der Waals surface area contributed by atoms with Gasteiger partial charge in [-0.25, -0.2) is 4.98 Å². The normalized spacial score (nSPS) is 14.8. The summed E-state index contributed by atoms with van der Waals surface area (Å²) in [6.45, 7) is 1.97. The van der Waals surface area contributed by atoms with Crippen molar-refractivity contribution in [3.05, 3.63) is 78.4 Å². The standard InChI is InChI=1S/C26H25N3O2/c1-31-20-14-16-29(17-15-20)19-12-10-18(11-13-19)27-26(30)25-21-6-2-4-8-23(21)28-24-9-5-3-7-22(24)25/h2-13,20H,14-17H2,1H3,(H,27,30). The van der Waals surface area contributed by atoms with Crippen LogP contribution >= 0.6 is 0 Å². The summed E-state index contributed by atoms with van der Waals surface area (Å²) in [6.07, 6.45) is 2.44. The van der Waals surface area contributed by atoms with Gasteiger partial charge in [-0.15, -0.1) is 0 Å². The van der Waals surface area contributed by atoms with Crippen LogP contribution in [0.15, 0.2) is 72.8 Å². The lowest BCUT2D eigenvalue weighted by Crippen LogP contribution is -2.36. The van der Waals surface area contributed by atoms with Crippen LogP contribution in [0.25, 0.3) is 21.8 Å². The second-order valence-electron chi connectivity index (χ2n) is 7.94. The molecule has 31 heavy (non-hydrogen) atoms. The van der Waals surface area contributed by atoms with E-state index in [-0.39, 0.29) is 5.91 Å². The number of para-hydroxylation sites is 2. The van der Waals surface area contributed by atoms with E-state index in [2.05, 4.69) is 22.3 Å². The van der Waals surface area contributed by atoms with Gasteiger partial charge in [0.2, 0.25) is 0 Å². The number of carbonyl (C=O) groups is 1. The molecule has 5 heteroatoms. The van der Waals surface area contributed by atoms with Crippen molar-refractivity contribution in [2.75, 3.05) is 30.4 Å². The smallest absolute Gasteiger partial charge is 0.257 e. The maximum absolute atomic E-state index is 13.3. The van der Waals surface area contributed by atoms with Crippen LogP contribution in [-0.2, 0) is 4.74 Å². The number of anilines is 2. The topological polar surface area (TPSA) is 54.5 Å². The van der Waals surface area contributed by atoms with Gasteiger partial charge < -0.3 is 15.0 Å². The van der Waals surface area contributed by atoms with Crippen LogP contribution in [0, 0.1) is 0 Å². The van der Waals surface area contributed by atoms with Crippen molar-refractivity contribution in [3.63, 3.8) is 0 Å². The number of amides is 1. The number of benzene rings is 3. The highest BCUT2D eigenvalue weighted by atomic mass is 16.5. The van der Waals surface area contributed by atoms with Crippen molar-refractivity contribution in [1.82, 2.24) is 4.98 Å². The summed E-state index contributed by atoms with van der Waals surface area (Å²) in [5.41, 5.74) is 4.26. The molecular weight excluding hydrogens is 386 g/mol. The number of rotatable bonds is 4. The molecular formula is C26H25N3O2. The molecule has 0 radical (unpaired) electrons. The molecule has 3 aromatic carbocycles. The first-order valence-corrected chi connectivity index (χ1v) is 10.7. The Morgan fingerprint density at radius 2 is 1.48 bits per heavy atom. The van der Waals surface area contributed by atoms with Gasteiger partial charge in [-0.05, 0) is 49.2 Å². The first-order valence-electron chi connectivity index (χ1n) is 10.7. The zero-order valence-electron chi connectivity index (χ0n) is 17.5. The Hall–Kier alpha value is -3.44. The number of hydrogen-bond donors (Lipinski definition) is 1. The zero-order chi connectivity index (χ0) is 21.2. The number of piperidine rings is 1. The summed E-state index contributed by atoms with van der Waals surface area (Å²) in [4.78, 5) is 20.4. The van der Waals surface area contributed by atoms with Crippen LogP contribution in [0.4, 0.5) is 11.4 Å². The van der Waals surface area contributed by atoms with Crippen LogP contribution in [-0.4, -0.2) is 37.2 Å². The van der Waals surface area contributed by atoms with E-state index in [1.165, 1.54) is 5.69 Å². The summed E-state index contributed by atoms with van der Waals surface area (Å²) in [6, 6.07) is 23.7. The maximum atomic E-state index is 13.3. The molecule has 4 aromatic rings. The molecule has 1 aliphatic heterocycles. The molecule has 1 amide bonds. The minimum Gasteiger partial charge on any atom is -0.381 e. The van der Waals surface area contributed by atoms with E-state index >= 15 is 0 Å². The van der Waals surface area contributed by atoms with Gasteiger partial charge >= 0.3 is 0 Å². The Kier molecular flexibility index (Phi) is 5.26. The first kappa shape index (κ1) is 19.5. The number of fused-ring (bicyclic) bond motifs is 2. The number of methoxy groups -OCH3 is 1.